The first-order valence-electron chi connectivity index (χ1n) is 9.26. The highest BCUT2D eigenvalue weighted by molar-refractivity contribution is 5.98. The van der Waals surface area contributed by atoms with Crippen molar-refractivity contribution in [3.63, 3.8) is 0 Å². The number of aliphatic hydroxyl groups is 1. The molecule has 0 amide bonds. The van der Waals surface area contributed by atoms with E-state index in [9.17, 15) is 23.5 Å². The van der Waals surface area contributed by atoms with Gasteiger partial charge in [0.15, 0.2) is 5.78 Å². The number of hydrogen-bond donors (Lipinski definition) is 1. The molecule has 29 heavy (non-hydrogen) atoms. The van der Waals surface area contributed by atoms with Gasteiger partial charge in [0.25, 0.3) is 0 Å². The molecule has 1 aromatic rings. The normalized spacial score (nSPS) is 22.3. The van der Waals surface area contributed by atoms with Gasteiger partial charge in [0, 0.05) is 36.0 Å². The number of esters is 1. The summed E-state index contributed by atoms with van der Waals surface area (Å²) < 4.78 is 31.7. The standard InChI is InChI=1S/C23H26F2O4/c1-14(8-21(27)29-5)6-7-23(28)15(2)19(20(26)13-22(23,3)4)11-16-9-17(24)12-18(25)10-16/h6-10,12,28H,11,13H2,1-5H3/t23-/m1/s1. The number of rotatable bonds is 5. The van der Waals surface area contributed by atoms with Gasteiger partial charge >= 0.3 is 5.97 Å². The monoisotopic (exact) mass is 404 g/mol. The average Bonchev–Trinajstić information content (AvgIpc) is 2.61. The summed E-state index contributed by atoms with van der Waals surface area (Å²) in [5, 5.41) is 11.5. The van der Waals surface area contributed by atoms with E-state index in [-0.39, 0.29) is 18.6 Å². The molecule has 1 aromatic carbocycles. The highest BCUT2D eigenvalue weighted by Gasteiger charge is 2.49. The van der Waals surface area contributed by atoms with Gasteiger partial charge in [-0.1, -0.05) is 19.9 Å². The molecule has 1 aliphatic rings. The summed E-state index contributed by atoms with van der Waals surface area (Å²) in [5.41, 5.74) is -0.653. The van der Waals surface area contributed by atoms with Gasteiger partial charge in [0.1, 0.15) is 17.2 Å². The first-order valence-corrected chi connectivity index (χ1v) is 9.26. The molecule has 0 aliphatic heterocycles. The quantitative estimate of drug-likeness (QED) is 0.453. The number of carbonyl (C=O) groups is 2. The van der Waals surface area contributed by atoms with Gasteiger partial charge in [0.05, 0.1) is 7.11 Å². The number of hydrogen-bond acceptors (Lipinski definition) is 4. The maximum absolute atomic E-state index is 13.5. The highest BCUT2D eigenvalue weighted by atomic mass is 19.1. The summed E-state index contributed by atoms with van der Waals surface area (Å²) in [6.07, 6.45) is 4.52. The Morgan fingerprint density at radius 1 is 1.24 bits per heavy atom. The largest absolute Gasteiger partial charge is 0.466 e. The second-order valence-electron chi connectivity index (χ2n) is 8.05. The Labute approximate surface area is 169 Å². The van der Waals surface area contributed by atoms with Crippen LogP contribution in [0.2, 0.25) is 0 Å². The lowest BCUT2D eigenvalue weighted by Crippen LogP contribution is -2.49. The predicted octanol–water partition coefficient (Wildman–Crippen LogP) is 4.23. The molecule has 1 aliphatic carbocycles. The van der Waals surface area contributed by atoms with Gasteiger partial charge in [-0.05, 0) is 48.8 Å². The van der Waals surface area contributed by atoms with E-state index < -0.39 is 28.6 Å². The lowest BCUT2D eigenvalue weighted by Gasteiger charge is -2.46. The summed E-state index contributed by atoms with van der Waals surface area (Å²) in [6, 6.07) is 3.12. The average molecular weight is 404 g/mol. The van der Waals surface area contributed by atoms with Crippen LogP contribution in [0.5, 0.6) is 0 Å². The van der Waals surface area contributed by atoms with Gasteiger partial charge in [-0.25, -0.2) is 13.6 Å². The Hall–Kier alpha value is -2.60. The number of methoxy groups -OCH3 is 1. The van der Waals surface area contributed by atoms with Crippen LogP contribution in [-0.4, -0.2) is 29.6 Å². The Morgan fingerprint density at radius 2 is 1.83 bits per heavy atom. The Bertz CT molecular complexity index is 905. The lowest BCUT2D eigenvalue weighted by atomic mass is 9.62. The molecule has 1 N–H and O–H groups in total. The van der Waals surface area contributed by atoms with Crippen molar-refractivity contribution in [2.24, 2.45) is 5.41 Å². The Morgan fingerprint density at radius 3 is 2.38 bits per heavy atom. The summed E-state index contributed by atoms with van der Waals surface area (Å²) in [7, 11) is 1.27. The van der Waals surface area contributed by atoms with Gasteiger partial charge in [0.2, 0.25) is 0 Å². The van der Waals surface area contributed by atoms with Crippen molar-refractivity contribution < 1.29 is 28.2 Å². The molecule has 0 saturated carbocycles. The van der Waals surface area contributed by atoms with E-state index in [2.05, 4.69) is 4.74 Å². The number of allylic oxidation sites excluding steroid dienone is 3. The SMILES string of the molecule is COC(=O)C=C(C)C=C[C@@]1(O)C(C)=C(Cc2cc(F)cc(F)c2)C(=O)CC1(C)C. The smallest absolute Gasteiger partial charge is 0.330 e. The zero-order chi connectivity index (χ0) is 22.0. The van der Waals surface area contributed by atoms with Crippen LogP contribution in [-0.2, 0) is 20.7 Å². The minimum Gasteiger partial charge on any atom is -0.466 e. The summed E-state index contributed by atoms with van der Waals surface area (Å²) >= 11 is 0. The van der Waals surface area contributed by atoms with Crippen LogP contribution in [0.3, 0.4) is 0 Å². The first-order chi connectivity index (χ1) is 13.4. The predicted molar refractivity (Wildman–Crippen MR) is 106 cm³/mol. The van der Waals surface area contributed by atoms with Crippen molar-refractivity contribution in [1.82, 2.24) is 0 Å². The van der Waals surface area contributed by atoms with Crippen LogP contribution in [0.15, 0.2) is 53.1 Å². The molecule has 1 atom stereocenters. The molecule has 0 saturated heterocycles. The van der Waals surface area contributed by atoms with E-state index in [1.807, 2.05) is 0 Å². The van der Waals surface area contributed by atoms with E-state index in [0.717, 1.165) is 6.07 Å². The van der Waals surface area contributed by atoms with Crippen molar-refractivity contribution in [2.45, 2.75) is 46.1 Å². The van der Waals surface area contributed by atoms with Crippen molar-refractivity contribution in [1.29, 1.82) is 0 Å². The van der Waals surface area contributed by atoms with E-state index in [1.54, 1.807) is 39.8 Å². The minimum absolute atomic E-state index is 0.0164. The van der Waals surface area contributed by atoms with Crippen LogP contribution in [0.4, 0.5) is 8.78 Å². The van der Waals surface area contributed by atoms with Gasteiger partial charge in [-0.2, -0.15) is 0 Å². The summed E-state index contributed by atoms with van der Waals surface area (Å²) in [5.74, 6) is -2.13. The molecule has 0 fully saturated rings. The third-order valence-corrected chi connectivity index (χ3v) is 5.43. The molecule has 0 unspecified atom stereocenters. The molecule has 4 nitrogen and oxygen atoms in total. The third kappa shape index (κ3) is 4.88. The lowest BCUT2D eigenvalue weighted by molar-refractivity contribution is -0.134. The molecular weight excluding hydrogens is 378 g/mol. The first kappa shape index (κ1) is 22.7. The van der Waals surface area contributed by atoms with Crippen LogP contribution in [0.25, 0.3) is 0 Å². The molecule has 2 rings (SSSR count). The Kier molecular flexibility index (Phi) is 6.58. The molecule has 0 spiro atoms. The van der Waals surface area contributed by atoms with Gasteiger partial charge in [-0.3, -0.25) is 4.79 Å². The molecule has 156 valence electrons. The molecule has 0 heterocycles. The fourth-order valence-electron chi connectivity index (χ4n) is 3.63. The molecule has 0 radical (unpaired) electrons. The number of halogens is 2. The van der Waals surface area contributed by atoms with Gasteiger partial charge in [-0.15, -0.1) is 0 Å². The maximum Gasteiger partial charge on any atom is 0.330 e. The fourth-order valence-corrected chi connectivity index (χ4v) is 3.63. The highest BCUT2D eigenvalue weighted by Crippen LogP contribution is 2.47. The summed E-state index contributed by atoms with van der Waals surface area (Å²) in [6.45, 7) is 6.88. The number of carbonyl (C=O) groups excluding carboxylic acids is 2. The molecule has 0 bridgehead atoms. The summed E-state index contributed by atoms with van der Waals surface area (Å²) in [4.78, 5) is 24.1. The minimum atomic E-state index is -1.48. The van der Waals surface area contributed by atoms with E-state index in [0.29, 0.717) is 22.3 Å². The molecular formula is C23H26F2O4. The van der Waals surface area contributed by atoms with Crippen LogP contribution >= 0.6 is 0 Å². The van der Waals surface area contributed by atoms with E-state index in [1.165, 1.54) is 25.3 Å². The van der Waals surface area contributed by atoms with E-state index >= 15 is 0 Å². The van der Waals surface area contributed by atoms with Crippen molar-refractivity contribution in [3.8, 4) is 0 Å². The topological polar surface area (TPSA) is 63.6 Å². The molecule has 6 heteroatoms. The Balaban J connectivity index is 2.49. The van der Waals surface area contributed by atoms with Crippen LogP contribution in [0, 0.1) is 17.0 Å². The van der Waals surface area contributed by atoms with E-state index in [4.69, 9.17) is 0 Å². The van der Waals surface area contributed by atoms with Crippen molar-refractivity contribution in [2.75, 3.05) is 7.11 Å². The van der Waals surface area contributed by atoms with Crippen LogP contribution < -0.4 is 0 Å². The van der Waals surface area contributed by atoms with Crippen LogP contribution in [0.1, 0.15) is 39.7 Å². The zero-order valence-corrected chi connectivity index (χ0v) is 17.3. The van der Waals surface area contributed by atoms with Crippen molar-refractivity contribution >= 4 is 11.8 Å². The second-order valence-corrected chi connectivity index (χ2v) is 8.05. The zero-order valence-electron chi connectivity index (χ0n) is 17.3. The maximum atomic E-state index is 13.5. The number of benzene rings is 1. The fraction of sp³-hybridized carbons (Fsp3) is 0.391. The van der Waals surface area contributed by atoms with Gasteiger partial charge < -0.3 is 9.84 Å². The number of Topliss-reactive ketones (excluding diaryl/α,β-unsaturated/α-hetero) is 1. The number of ether oxygens (including phenoxy) is 1. The molecule has 0 aromatic heterocycles. The third-order valence-electron chi connectivity index (χ3n) is 5.43. The van der Waals surface area contributed by atoms with Crippen molar-refractivity contribution in [3.05, 3.63) is 70.3 Å². The number of ketones is 1. The second kappa shape index (κ2) is 8.41.